The lowest BCUT2D eigenvalue weighted by molar-refractivity contribution is 0.305. The topological polar surface area (TPSA) is 66.4 Å². The van der Waals surface area contributed by atoms with E-state index >= 15 is 0 Å². The Morgan fingerprint density at radius 2 is 2.05 bits per heavy atom. The van der Waals surface area contributed by atoms with Crippen molar-refractivity contribution < 1.29 is 13.5 Å². The van der Waals surface area contributed by atoms with Crippen LogP contribution in [0, 0.1) is 11.8 Å². The summed E-state index contributed by atoms with van der Waals surface area (Å²) >= 11 is 1.49. The van der Waals surface area contributed by atoms with Gasteiger partial charge in [0.15, 0.2) is 0 Å². The number of aliphatic hydroxyl groups is 1. The van der Waals surface area contributed by atoms with Crippen molar-refractivity contribution in [3.8, 4) is 11.8 Å². The first-order valence-corrected chi connectivity index (χ1v) is 9.65. The van der Waals surface area contributed by atoms with E-state index < -0.39 is 10.0 Å². The van der Waals surface area contributed by atoms with Crippen LogP contribution in [0.3, 0.4) is 0 Å². The minimum absolute atomic E-state index is 0.0619. The van der Waals surface area contributed by atoms with Crippen LogP contribution < -0.4 is 4.72 Å². The maximum absolute atomic E-state index is 12.2. The number of thiophene rings is 1. The average Bonchev–Trinajstić information content (AvgIpc) is 2.95. The maximum Gasteiger partial charge on any atom is 0.214 e. The summed E-state index contributed by atoms with van der Waals surface area (Å²) in [6.07, 6.45) is 5.17. The molecule has 116 valence electrons. The number of sulfonamides is 1. The summed E-state index contributed by atoms with van der Waals surface area (Å²) in [7, 11) is -3.21. The van der Waals surface area contributed by atoms with Gasteiger partial charge in [-0.05, 0) is 25.0 Å². The van der Waals surface area contributed by atoms with Gasteiger partial charge >= 0.3 is 0 Å². The number of hydrogen-bond acceptors (Lipinski definition) is 4. The molecule has 0 aromatic carbocycles. The Morgan fingerprint density at radius 3 is 2.76 bits per heavy atom. The third-order valence-electron chi connectivity index (χ3n) is 3.55. The monoisotopic (exact) mass is 327 g/mol. The van der Waals surface area contributed by atoms with Gasteiger partial charge in [0.25, 0.3) is 0 Å². The molecule has 2 rings (SSSR count). The van der Waals surface area contributed by atoms with Gasteiger partial charge in [0, 0.05) is 17.8 Å². The molecule has 0 spiro atoms. The zero-order valence-corrected chi connectivity index (χ0v) is 13.6. The van der Waals surface area contributed by atoms with Gasteiger partial charge in [-0.15, -0.1) is 11.3 Å². The summed E-state index contributed by atoms with van der Waals surface area (Å²) in [5.74, 6) is 5.82. The Kier molecular flexibility index (Phi) is 6.24. The van der Waals surface area contributed by atoms with Gasteiger partial charge in [0.05, 0.1) is 16.7 Å². The normalized spacial score (nSPS) is 16.4. The zero-order valence-electron chi connectivity index (χ0n) is 12.0. The van der Waals surface area contributed by atoms with Crippen LogP contribution in [-0.4, -0.2) is 25.4 Å². The molecule has 1 aromatic heterocycles. The number of hydrogen-bond donors (Lipinski definition) is 2. The molecule has 0 radical (unpaired) electrons. The first-order chi connectivity index (χ1) is 10.1. The van der Waals surface area contributed by atoms with E-state index in [1.165, 1.54) is 11.3 Å². The average molecular weight is 327 g/mol. The molecule has 0 saturated heterocycles. The highest BCUT2D eigenvalue weighted by molar-refractivity contribution is 7.90. The van der Waals surface area contributed by atoms with Gasteiger partial charge in [-0.25, -0.2) is 13.1 Å². The van der Waals surface area contributed by atoms with Crippen LogP contribution >= 0.6 is 11.3 Å². The SMILES string of the molecule is O=S(=O)(NCc1ccc(C#CCCO)s1)C1CCCCC1. The summed E-state index contributed by atoms with van der Waals surface area (Å²) in [6, 6.07) is 3.79. The van der Waals surface area contributed by atoms with Gasteiger partial charge in [0.1, 0.15) is 0 Å². The van der Waals surface area contributed by atoms with Crippen LogP contribution in [0.5, 0.6) is 0 Å². The van der Waals surface area contributed by atoms with Gasteiger partial charge in [-0.2, -0.15) is 0 Å². The summed E-state index contributed by atoms with van der Waals surface area (Å²) in [4.78, 5) is 1.86. The molecule has 4 nitrogen and oxygen atoms in total. The lowest BCUT2D eigenvalue weighted by atomic mass is 10.0. The van der Waals surface area contributed by atoms with Crippen LogP contribution in [0.4, 0.5) is 0 Å². The second kappa shape index (κ2) is 7.95. The van der Waals surface area contributed by atoms with Crippen LogP contribution in [-0.2, 0) is 16.6 Å². The van der Waals surface area contributed by atoms with E-state index in [2.05, 4.69) is 16.6 Å². The molecule has 0 unspecified atom stereocenters. The molecule has 21 heavy (non-hydrogen) atoms. The number of nitrogens with one attached hydrogen (secondary N) is 1. The summed E-state index contributed by atoms with van der Waals surface area (Å²) in [5.41, 5.74) is 0. The van der Waals surface area contributed by atoms with E-state index in [-0.39, 0.29) is 11.9 Å². The molecule has 1 aromatic rings. The van der Waals surface area contributed by atoms with Crippen LogP contribution in [0.2, 0.25) is 0 Å². The van der Waals surface area contributed by atoms with Gasteiger partial charge in [0.2, 0.25) is 10.0 Å². The second-order valence-corrected chi connectivity index (χ2v) is 8.38. The molecule has 1 heterocycles. The largest absolute Gasteiger partial charge is 0.395 e. The quantitative estimate of drug-likeness (QED) is 0.815. The molecule has 0 aliphatic heterocycles. The van der Waals surface area contributed by atoms with E-state index in [0.29, 0.717) is 13.0 Å². The van der Waals surface area contributed by atoms with Gasteiger partial charge in [-0.3, -0.25) is 0 Å². The van der Waals surface area contributed by atoms with Crippen molar-refractivity contribution in [2.45, 2.75) is 50.3 Å². The van der Waals surface area contributed by atoms with Crippen LogP contribution in [0.15, 0.2) is 12.1 Å². The Hall–Kier alpha value is -0.870. The van der Waals surface area contributed by atoms with Crippen molar-refractivity contribution >= 4 is 21.4 Å². The molecule has 1 aliphatic carbocycles. The second-order valence-electron chi connectivity index (χ2n) is 5.17. The zero-order chi connectivity index (χ0) is 15.1. The van der Waals surface area contributed by atoms with E-state index in [4.69, 9.17) is 5.11 Å². The molecule has 6 heteroatoms. The molecule has 2 N–H and O–H groups in total. The maximum atomic E-state index is 12.2. The molecule has 1 saturated carbocycles. The molecule has 0 amide bonds. The van der Waals surface area contributed by atoms with E-state index in [1.807, 2.05) is 12.1 Å². The third kappa shape index (κ3) is 5.11. The van der Waals surface area contributed by atoms with Crippen LogP contribution in [0.25, 0.3) is 0 Å². The first kappa shape index (κ1) is 16.5. The van der Waals surface area contributed by atoms with E-state index in [1.54, 1.807) is 0 Å². The summed E-state index contributed by atoms with van der Waals surface area (Å²) < 4.78 is 27.1. The predicted octanol–water partition coefficient (Wildman–Crippen LogP) is 2.23. The standard InChI is InChI=1S/C15H21NO3S2/c17-11-5-4-6-13-9-10-14(20-13)12-16-21(18,19)15-7-2-1-3-8-15/h9-10,15-17H,1-3,5,7-8,11-12H2. The highest BCUT2D eigenvalue weighted by Gasteiger charge is 2.26. The van der Waals surface area contributed by atoms with E-state index in [9.17, 15) is 8.42 Å². The Bertz CT molecular complexity index is 604. The van der Waals surface area contributed by atoms with Gasteiger partial charge < -0.3 is 5.11 Å². The van der Waals surface area contributed by atoms with Gasteiger partial charge in [-0.1, -0.05) is 31.1 Å². The molecular formula is C15H21NO3S2. The fraction of sp³-hybridized carbons (Fsp3) is 0.600. The smallest absolute Gasteiger partial charge is 0.214 e. The van der Waals surface area contributed by atoms with Crippen molar-refractivity contribution in [3.63, 3.8) is 0 Å². The lowest BCUT2D eigenvalue weighted by Crippen LogP contribution is -2.35. The fourth-order valence-corrected chi connectivity index (χ4v) is 4.87. The Morgan fingerprint density at radius 1 is 1.29 bits per heavy atom. The molecular weight excluding hydrogens is 306 g/mol. The van der Waals surface area contributed by atoms with Crippen molar-refractivity contribution in [1.82, 2.24) is 4.72 Å². The van der Waals surface area contributed by atoms with Crippen molar-refractivity contribution in [2.75, 3.05) is 6.61 Å². The van der Waals surface area contributed by atoms with Crippen molar-refractivity contribution in [3.05, 3.63) is 21.9 Å². The Labute approximate surface area is 130 Å². The fourth-order valence-electron chi connectivity index (χ4n) is 2.41. The Balaban J connectivity index is 1.89. The predicted molar refractivity (Wildman–Crippen MR) is 85.5 cm³/mol. The molecule has 1 fully saturated rings. The number of aliphatic hydroxyl groups excluding tert-OH is 1. The van der Waals surface area contributed by atoms with Crippen molar-refractivity contribution in [1.29, 1.82) is 0 Å². The van der Waals surface area contributed by atoms with E-state index in [0.717, 1.165) is 41.9 Å². The highest BCUT2D eigenvalue weighted by Crippen LogP contribution is 2.23. The lowest BCUT2D eigenvalue weighted by Gasteiger charge is -2.21. The molecule has 0 bridgehead atoms. The van der Waals surface area contributed by atoms with Crippen LogP contribution in [0.1, 0.15) is 48.3 Å². The minimum atomic E-state index is -3.21. The minimum Gasteiger partial charge on any atom is -0.395 e. The molecule has 1 aliphatic rings. The highest BCUT2D eigenvalue weighted by atomic mass is 32.2. The summed E-state index contributed by atoms with van der Waals surface area (Å²) in [5, 5.41) is 8.44. The first-order valence-electron chi connectivity index (χ1n) is 7.29. The third-order valence-corrected chi connectivity index (χ3v) is 6.45. The number of rotatable bonds is 5. The van der Waals surface area contributed by atoms with Crippen molar-refractivity contribution in [2.24, 2.45) is 0 Å². The molecule has 0 atom stereocenters. The summed E-state index contributed by atoms with van der Waals surface area (Å²) in [6.45, 7) is 0.400.